The van der Waals surface area contributed by atoms with Crippen LogP contribution in [0, 0.1) is 0 Å². The molecular formula is C21H22N2O4S. The summed E-state index contributed by atoms with van der Waals surface area (Å²) in [6, 6.07) is 14.5. The van der Waals surface area contributed by atoms with E-state index in [1.165, 1.54) is 4.90 Å². The topological polar surface area (TPSA) is 66.9 Å². The first-order chi connectivity index (χ1) is 13.4. The van der Waals surface area contributed by atoms with E-state index in [0.717, 1.165) is 28.6 Å². The Labute approximate surface area is 168 Å². The number of carbonyl (C=O) groups excluding carboxylic acids is 3. The second-order valence-electron chi connectivity index (χ2n) is 6.57. The van der Waals surface area contributed by atoms with Crippen molar-refractivity contribution >= 4 is 28.8 Å². The van der Waals surface area contributed by atoms with Gasteiger partial charge in [0.15, 0.2) is 0 Å². The molecule has 0 bridgehead atoms. The molecule has 0 N–H and O–H groups in total. The fourth-order valence-corrected chi connectivity index (χ4v) is 3.84. The molecule has 28 heavy (non-hydrogen) atoms. The SMILES string of the molecule is COc1ccccc1C(C)N(C)C(=O)c1cccc(CN2C(=O)CSC2=O)c1. The minimum absolute atomic E-state index is 0.145. The first-order valence-corrected chi connectivity index (χ1v) is 9.87. The Morgan fingerprint density at radius 2 is 1.96 bits per heavy atom. The summed E-state index contributed by atoms with van der Waals surface area (Å²) in [4.78, 5) is 39.5. The summed E-state index contributed by atoms with van der Waals surface area (Å²) in [6.45, 7) is 2.12. The molecule has 1 aliphatic rings. The Balaban J connectivity index is 1.78. The summed E-state index contributed by atoms with van der Waals surface area (Å²) in [6.07, 6.45) is 0. The lowest BCUT2D eigenvalue weighted by atomic mass is 10.0. The molecule has 1 atom stereocenters. The summed E-state index contributed by atoms with van der Waals surface area (Å²) < 4.78 is 5.41. The van der Waals surface area contributed by atoms with E-state index in [1.54, 1.807) is 37.3 Å². The highest BCUT2D eigenvalue weighted by atomic mass is 32.2. The molecule has 1 heterocycles. The minimum Gasteiger partial charge on any atom is -0.496 e. The molecule has 1 fully saturated rings. The van der Waals surface area contributed by atoms with Crippen molar-refractivity contribution in [3.8, 4) is 5.75 Å². The first-order valence-electron chi connectivity index (χ1n) is 8.88. The third kappa shape index (κ3) is 4.04. The van der Waals surface area contributed by atoms with Gasteiger partial charge in [0, 0.05) is 18.2 Å². The molecule has 146 valence electrons. The maximum absolute atomic E-state index is 13.0. The van der Waals surface area contributed by atoms with Crippen molar-refractivity contribution in [1.29, 1.82) is 0 Å². The number of hydrogen-bond donors (Lipinski definition) is 0. The second-order valence-corrected chi connectivity index (χ2v) is 7.50. The van der Waals surface area contributed by atoms with Crippen molar-refractivity contribution in [2.45, 2.75) is 19.5 Å². The lowest BCUT2D eigenvalue weighted by Gasteiger charge is -2.27. The van der Waals surface area contributed by atoms with Gasteiger partial charge in [0.05, 0.1) is 25.4 Å². The molecule has 0 radical (unpaired) electrons. The van der Waals surface area contributed by atoms with Gasteiger partial charge in [-0.15, -0.1) is 0 Å². The van der Waals surface area contributed by atoms with Crippen LogP contribution in [-0.2, 0) is 11.3 Å². The fraction of sp³-hybridized carbons (Fsp3) is 0.286. The number of methoxy groups -OCH3 is 1. The number of thioether (sulfide) groups is 1. The number of carbonyl (C=O) groups is 3. The molecule has 0 aliphatic carbocycles. The zero-order valence-electron chi connectivity index (χ0n) is 16.0. The molecule has 1 aliphatic heterocycles. The normalized spacial score (nSPS) is 14.9. The van der Waals surface area contributed by atoms with Gasteiger partial charge in [-0.25, -0.2) is 0 Å². The van der Waals surface area contributed by atoms with Crippen LogP contribution in [0.1, 0.15) is 34.5 Å². The Morgan fingerprint density at radius 1 is 1.21 bits per heavy atom. The molecular weight excluding hydrogens is 376 g/mol. The Bertz CT molecular complexity index is 899. The zero-order valence-corrected chi connectivity index (χ0v) is 16.9. The number of ether oxygens (including phenoxy) is 1. The molecule has 2 aromatic carbocycles. The standard InChI is InChI=1S/C21H22N2O4S/c1-14(17-9-4-5-10-18(17)27-3)22(2)20(25)16-8-6-7-15(11-16)12-23-19(24)13-28-21(23)26/h4-11,14H,12-13H2,1-3H3. The van der Waals surface area contributed by atoms with Gasteiger partial charge < -0.3 is 9.64 Å². The highest BCUT2D eigenvalue weighted by molar-refractivity contribution is 8.14. The number of amides is 3. The molecule has 1 unspecified atom stereocenters. The average Bonchev–Trinajstić information content (AvgIpc) is 3.04. The van der Waals surface area contributed by atoms with Gasteiger partial charge in [0.25, 0.3) is 11.1 Å². The van der Waals surface area contributed by atoms with Gasteiger partial charge in [-0.05, 0) is 30.7 Å². The van der Waals surface area contributed by atoms with Gasteiger partial charge in [0.1, 0.15) is 5.75 Å². The van der Waals surface area contributed by atoms with Crippen LogP contribution in [0.5, 0.6) is 5.75 Å². The molecule has 0 saturated carbocycles. The maximum atomic E-state index is 13.0. The van der Waals surface area contributed by atoms with Crippen molar-refractivity contribution in [2.24, 2.45) is 0 Å². The van der Waals surface area contributed by atoms with E-state index in [9.17, 15) is 14.4 Å². The third-order valence-corrected chi connectivity index (χ3v) is 5.70. The van der Waals surface area contributed by atoms with Gasteiger partial charge in [-0.1, -0.05) is 42.1 Å². The number of benzene rings is 2. The number of hydrogen-bond acceptors (Lipinski definition) is 5. The van der Waals surface area contributed by atoms with Gasteiger partial charge >= 0.3 is 0 Å². The summed E-state index contributed by atoms with van der Waals surface area (Å²) in [5.74, 6) is 0.561. The first kappa shape index (κ1) is 19.9. The van der Waals surface area contributed by atoms with E-state index in [-0.39, 0.29) is 35.4 Å². The minimum atomic E-state index is -0.247. The van der Waals surface area contributed by atoms with Gasteiger partial charge in [-0.2, -0.15) is 0 Å². The van der Waals surface area contributed by atoms with Gasteiger partial charge in [-0.3, -0.25) is 19.3 Å². The van der Waals surface area contributed by atoms with E-state index in [1.807, 2.05) is 37.3 Å². The van der Waals surface area contributed by atoms with E-state index in [4.69, 9.17) is 4.74 Å². The molecule has 0 spiro atoms. The molecule has 2 aromatic rings. The van der Waals surface area contributed by atoms with Crippen LogP contribution in [-0.4, -0.2) is 46.8 Å². The van der Waals surface area contributed by atoms with Crippen LogP contribution in [0.3, 0.4) is 0 Å². The number of rotatable bonds is 6. The van der Waals surface area contributed by atoms with Crippen LogP contribution in [0.4, 0.5) is 4.79 Å². The lowest BCUT2D eigenvalue weighted by molar-refractivity contribution is -0.125. The Morgan fingerprint density at radius 3 is 2.64 bits per heavy atom. The monoisotopic (exact) mass is 398 g/mol. The second kappa shape index (κ2) is 8.48. The van der Waals surface area contributed by atoms with Gasteiger partial charge in [0.2, 0.25) is 5.91 Å². The van der Waals surface area contributed by atoms with Crippen LogP contribution >= 0.6 is 11.8 Å². The summed E-state index contributed by atoms with van der Waals surface area (Å²) in [5, 5.41) is -0.247. The number of para-hydroxylation sites is 1. The molecule has 7 heteroatoms. The lowest BCUT2D eigenvalue weighted by Crippen LogP contribution is -2.30. The van der Waals surface area contributed by atoms with E-state index in [0.29, 0.717) is 5.56 Å². The average molecular weight is 398 g/mol. The Kier molecular flexibility index (Phi) is 6.04. The van der Waals surface area contributed by atoms with Crippen LogP contribution in [0.2, 0.25) is 0 Å². The van der Waals surface area contributed by atoms with Crippen LogP contribution in [0.25, 0.3) is 0 Å². The molecule has 1 saturated heterocycles. The number of nitrogens with zero attached hydrogens (tertiary/aromatic N) is 2. The smallest absolute Gasteiger partial charge is 0.289 e. The Hall–Kier alpha value is -2.80. The fourth-order valence-electron chi connectivity index (χ4n) is 3.12. The van der Waals surface area contributed by atoms with E-state index in [2.05, 4.69) is 0 Å². The summed E-state index contributed by atoms with van der Waals surface area (Å²) in [7, 11) is 3.35. The predicted octanol–water partition coefficient (Wildman–Crippen LogP) is 3.72. The predicted molar refractivity (Wildman–Crippen MR) is 108 cm³/mol. The molecule has 3 rings (SSSR count). The maximum Gasteiger partial charge on any atom is 0.289 e. The van der Waals surface area contributed by atoms with E-state index >= 15 is 0 Å². The van der Waals surface area contributed by atoms with Crippen molar-refractivity contribution in [3.63, 3.8) is 0 Å². The van der Waals surface area contributed by atoms with Crippen LogP contribution in [0.15, 0.2) is 48.5 Å². The third-order valence-electron chi connectivity index (χ3n) is 4.85. The van der Waals surface area contributed by atoms with Crippen molar-refractivity contribution in [1.82, 2.24) is 9.80 Å². The number of imide groups is 1. The van der Waals surface area contributed by atoms with Crippen LogP contribution < -0.4 is 4.74 Å². The summed E-state index contributed by atoms with van der Waals surface area (Å²) in [5.41, 5.74) is 2.17. The van der Waals surface area contributed by atoms with Crippen molar-refractivity contribution in [2.75, 3.05) is 19.9 Å². The molecule has 0 aromatic heterocycles. The molecule has 3 amide bonds. The largest absolute Gasteiger partial charge is 0.496 e. The zero-order chi connectivity index (χ0) is 20.3. The molecule has 6 nitrogen and oxygen atoms in total. The highest BCUT2D eigenvalue weighted by Gasteiger charge is 2.30. The van der Waals surface area contributed by atoms with Crippen molar-refractivity contribution < 1.29 is 19.1 Å². The van der Waals surface area contributed by atoms with Crippen molar-refractivity contribution in [3.05, 3.63) is 65.2 Å². The quantitative estimate of drug-likeness (QED) is 0.742. The highest BCUT2D eigenvalue weighted by Crippen LogP contribution is 2.29. The summed E-state index contributed by atoms with van der Waals surface area (Å²) >= 11 is 1.00. The van der Waals surface area contributed by atoms with E-state index < -0.39 is 0 Å².